The number of fused-ring (bicyclic) bond motifs is 2. The number of methoxy groups -OCH3 is 1. The van der Waals surface area contributed by atoms with E-state index in [1.165, 1.54) is 7.11 Å². The molecule has 0 spiro atoms. The standard InChI is InChI=1S/C17H14N6O2S/c1-25-17(24)10-3-5-12-9(6-10)2-4-11(19-12)8-26-13-7-14(18)20-16-15(13)21-23-22-16/h2-7H,8H2,1H3,(H3,18,20,21,22,23). The van der Waals surface area contributed by atoms with E-state index in [0.29, 0.717) is 28.3 Å². The molecule has 0 saturated heterocycles. The highest BCUT2D eigenvalue weighted by Crippen LogP contribution is 2.29. The summed E-state index contributed by atoms with van der Waals surface area (Å²) in [4.78, 5) is 21.3. The summed E-state index contributed by atoms with van der Waals surface area (Å²) < 4.78 is 4.74. The summed E-state index contributed by atoms with van der Waals surface area (Å²) in [5.74, 6) is 0.686. The molecule has 8 nitrogen and oxygen atoms in total. The molecule has 9 heteroatoms. The van der Waals surface area contributed by atoms with Gasteiger partial charge in [0.25, 0.3) is 0 Å². The number of nitrogens with one attached hydrogen (secondary N) is 1. The maximum Gasteiger partial charge on any atom is 0.337 e. The summed E-state index contributed by atoms with van der Waals surface area (Å²) in [6.07, 6.45) is 0. The number of carbonyl (C=O) groups is 1. The van der Waals surface area contributed by atoms with Gasteiger partial charge >= 0.3 is 5.97 Å². The fourth-order valence-corrected chi connectivity index (χ4v) is 3.53. The van der Waals surface area contributed by atoms with Gasteiger partial charge in [-0.2, -0.15) is 0 Å². The van der Waals surface area contributed by atoms with E-state index in [1.54, 1.807) is 30.0 Å². The van der Waals surface area contributed by atoms with Crippen LogP contribution < -0.4 is 5.73 Å². The fourth-order valence-electron chi connectivity index (χ4n) is 2.59. The summed E-state index contributed by atoms with van der Waals surface area (Å²) >= 11 is 1.56. The molecule has 3 aromatic heterocycles. The molecule has 26 heavy (non-hydrogen) atoms. The van der Waals surface area contributed by atoms with Crippen molar-refractivity contribution in [3.8, 4) is 0 Å². The minimum absolute atomic E-state index is 0.363. The number of hydrogen-bond acceptors (Lipinski definition) is 8. The summed E-state index contributed by atoms with van der Waals surface area (Å²) in [7, 11) is 1.36. The molecule has 0 atom stereocenters. The maximum absolute atomic E-state index is 11.6. The first kappa shape index (κ1) is 16.3. The normalized spacial score (nSPS) is 11.1. The van der Waals surface area contributed by atoms with Crippen LogP contribution in [-0.2, 0) is 10.5 Å². The Kier molecular flexibility index (Phi) is 4.13. The van der Waals surface area contributed by atoms with Gasteiger partial charge in [-0.05, 0) is 30.3 Å². The highest BCUT2D eigenvalue weighted by molar-refractivity contribution is 7.98. The van der Waals surface area contributed by atoms with Gasteiger partial charge in [-0.3, -0.25) is 4.98 Å². The molecule has 0 aliphatic carbocycles. The average Bonchev–Trinajstić information content (AvgIpc) is 3.13. The quantitative estimate of drug-likeness (QED) is 0.418. The van der Waals surface area contributed by atoms with E-state index in [0.717, 1.165) is 21.5 Å². The number of carbonyl (C=O) groups excluding carboxylic acids is 1. The van der Waals surface area contributed by atoms with Crippen LogP contribution in [-0.4, -0.2) is 38.5 Å². The van der Waals surface area contributed by atoms with E-state index in [2.05, 4.69) is 25.4 Å². The first-order chi connectivity index (χ1) is 12.6. The topological polar surface area (TPSA) is 120 Å². The molecule has 0 saturated carbocycles. The zero-order valence-electron chi connectivity index (χ0n) is 13.8. The minimum atomic E-state index is -0.363. The van der Waals surface area contributed by atoms with Crippen molar-refractivity contribution in [2.75, 3.05) is 12.8 Å². The highest BCUT2D eigenvalue weighted by atomic mass is 32.2. The number of pyridine rings is 2. The van der Waals surface area contributed by atoms with Crippen molar-refractivity contribution in [3.63, 3.8) is 0 Å². The third kappa shape index (κ3) is 3.04. The van der Waals surface area contributed by atoms with Crippen LogP contribution in [0.5, 0.6) is 0 Å². The molecule has 0 amide bonds. The molecular weight excluding hydrogens is 352 g/mol. The lowest BCUT2D eigenvalue weighted by atomic mass is 10.1. The van der Waals surface area contributed by atoms with Crippen LogP contribution in [0.25, 0.3) is 22.1 Å². The lowest BCUT2D eigenvalue weighted by Gasteiger charge is -2.06. The molecule has 0 aliphatic heterocycles. The number of anilines is 1. The van der Waals surface area contributed by atoms with Crippen LogP contribution in [0.1, 0.15) is 16.1 Å². The lowest BCUT2D eigenvalue weighted by molar-refractivity contribution is 0.0601. The van der Waals surface area contributed by atoms with E-state index in [-0.39, 0.29) is 5.97 Å². The number of benzene rings is 1. The number of hydrogen-bond donors (Lipinski definition) is 2. The highest BCUT2D eigenvalue weighted by Gasteiger charge is 2.10. The zero-order chi connectivity index (χ0) is 18.1. The number of thioether (sulfide) groups is 1. The Balaban J connectivity index is 1.59. The van der Waals surface area contributed by atoms with Crippen LogP contribution in [0.4, 0.5) is 5.82 Å². The van der Waals surface area contributed by atoms with E-state index in [9.17, 15) is 4.79 Å². The Morgan fingerprint density at radius 3 is 2.96 bits per heavy atom. The van der Waals surface area contributed by atoms with Gasteiger partial charge in [0, 0.05) is 16.0 Å². The summed E-state index contributed by atoms with van der Waals surface area (Å²) in [6, 6.07) is 10.9. The molecule has 0 aliphatic rings. The van der Waals surface area contributed by atoms with Crippen LogP contribution in [0, 0.1) is 0 Å². The van der Waals surface area contributed by atoms with Crippen LogP contribution in [0.15, 0.2) is 41.3 Å². The number of esters is 1. The maximum atomic E-state index is 11.6. The Bertz CT molecular complexity index is 1130. The predicted octanol–water partition coefficient (Wildman–Crippen LogP) is 2.56. The van der Waals surface area contributed by atoms with Crippen LogP contribution >= 0.6 is 11.8 Å². The number of rotatable bonds is 4. The van der Waals surface area contributed by atoms with Crippen molar-refractivity contribution in [1.82, 2.24) is 25.4 Å². The molecule has 0 fully saturated rings. The van der Waals surface area contributed by atoms with E-state index in [1.807, 2.05) is 18.2 Å². The molecule has 0 radical (unpaired) electrons. The number of nitrogens with zero attached hydrogens (tertiary/aromatic N) is 4. The first-order valence-electron chi connectivity index (χ1n) is 7.72. The Morgan fingerprint density at radius 2 is 2.12 bits per heavy atom. The van der Waals surface area contributed by atoms with Gasteiger partial charge in [-0.15, -0.1) is 16.9 Å². The van der Waals surface area contributed by atoms with Crippen molar-refractivity contribution in [3.05, 3.63) is 47.7 Å². The van der Waals surface area contributed by atoms with Gasteiger partial charge < -0.3 is 10.5 Å². The average molecular weight is 366 g/mol. The number of aromatic amines is 1. The summed E-state index contributed by atoms with van der Waals surface area (Å²) in [6.45, 7) is 0. The van der Waals surface area contributed by atoms with E-state index in [4.69, 9.17) is 10.5 Å². The second kappa shape index (κ2) is 6.60. The van der Waals surface area contributed by atoms with Gasteiger partial charge in [0.1, 0.15) is 11.3 Å². The first-order valence-corrected chi connectivity index (χ1v) is 8.70. The smallest absolute Gasteiger partial charge is 0.337 e. The van der Waals surface area contributed by atoms with E-state index >= 15 is 0 Å². The Labute approximate surface area is 152 Å². The Hall–Kier alpha value is -3.20. The zero-order valence-corrected chi connectivity index (χ0v) is 14.6. The molecule has 1 aromatic carbocycles. The summed E-state index contributed by atoms with van der Waals surface area (Å²) in [5, 5.41) is 11.4. The lowest BCUT2D eigenvalue weighted by Crippen LogP contribution is -2.01. The van der Waals surface area contributed by atoms with Gasteiger partial charge in [0.05, 0.1) is 23.9 Å². The third-order valence-electron chi connectivity index (χ3n) is 3.83. The minimum Gasteiger partial charge on any atom is -0.465 e. The van der Waals surface area contributed by atoms with E-state index < -0.39 is 0 Å². The predicted molar refractivity (Wildman–Crippen MR) is 98.7 cm³/mol. The van der Waals surface area contributed by atoms with Crippen LogP contribution in [0.2, 0.25) is 0 Å². The SMILES string of the molecule is COC(=O)c1ccc2nc(CSc3cc(N)nc4[nH]nnc34)ccc2c1. The largest absolute Gasteiger partial charge is 0.465 e. The second-order valence-corrected chi connectivity index (χ2v) is 6.56. The number of nitrogens with two attached hydrogens (primary N) is 1. The van der Waals surface area contributed by atoms with Crippen molar-refractivity contribution in [2.24, 2.45) is 0 Å². The van der Waals surface area contributed by atoms with Crippen molar-refractivity contribution < 1.29 is 9.53 Å². The monoisotopic (exact) mass is 366 g/mol. The van der Waals surface area contributed by atoms with Crippen molar-refractivity contribution in [1.29, 1.82) is 0 Å². The third-order valence-corrected chi connectivity index (χ3v) is 4.89. The Morgan fingerprint density at radius 1 is 1.23 bits per heavy atom. The second-order valence-electron chi connectivity index (χ2n) is 5.54. The van der Waals surface area contributed by atoms with Crippen LogP contribution in [0.3, 0.4) is 0 Å². The fraction of sp³-hybridized carbons (Fsp3) is 0.118. The molecule has 4 rings (SSSR count). The molecule has 4 aromatic rings. The van der Waals surface area contributed by atoms with Gasteiger partial charge in [-0.25, -0.2) is 14.9 Å². The summed E-state index contributed by atoms with van der Waals surface area (Å²) in [5.41, 5.74) is 9.30. The molecule has 3 N–H and O–H groups in total. The van der Waals surface area contributed by atoms with Crippen molar-refractivity contribution >= 4 is 45.6 Å². The molecular formula is C17H14N6O2S. The van der Waals surface area contributed by atoms with Gasteiger partial charge in [-0.1, -0.05) is 11.3 Å². The molecule has 3 heterocycles. The van der Waals surface area contributed by atoms with Crippen molar-refractivity contribution in [2.45, 2.75) is 10.6 Å². The van der Waals surface area contributed by atoms with Gasteiger partial charge in [0.2, 0.25) is 0 Å². The molecule has 0 bridgehead atoms. The number of nitrogen functional groups attached to an aromatic ring is 1. The molecule has 130 valence electrons. The number of aromatic nitrogens is 5. The molecule has 0 unspecified atom stereocenters. The number of H-pyrrole nitrogens is 1. The van der Waals surface area contributed by atoms with Gasteiger partial charge in [0.15, 0.2) is 5.65 Å². The number of ether oxygens (including phenoxy) is 1.